The molecule has 2 aromatic heterocycles. The number of likely N-dealkylation sites (N-methyl/N-ethyl adjacent to an activating group) is 1. The summed E-state index contributed by atoms with van der Waals surface area (Å²) in [6, 6.07) is 0. The van der Waals surface area contributed by atoms with Crippen molar-refractivity contribution in [2.75, 3.05) is 18.5 Å². The Kier molecular flexibility index (Phi) is 3.14. The van der Waals surface area contributed by atoms with Crippen LogP contribution in [0.4, 0.5) is 5.69 Å². The van der Waals surface area contributed by atoms with E-state index in [1.165, 1.54) is 0 Å². The van der Waals surface area contributed by atoms with E-state index in [0.29, 0.717) is 12.1 Å². The van der Waals surface area contributed by atoms with Gasteiger partial charge in [-0.3, -0.25) is 9.48 Å². The minimum Gasteiger partial charge on any atom is -0.369 e. The molecule has 2 heterocycles. The number of hydrogen-bond acceptors (Lipinski definition) is 4. The number of hydrogen-bond donors (Lipinski definition) is 0. The number of rotatable bonds is 4. The molecule has 0 bridgehead atoms. The molecule has 0 unspecified atom stereocenters. The predicted octanol–water partition coefficient (Wildman–Crippen LogP) is 1.79. The van der Waals surface area contributed by atoms with Crippen LogP contribution in [0.2, 0.25) is 0 Å². The molecule has 2 rings (SSSR count). The van der Waals surface area contributed by atoms with Gasteiger partial charge >= 0.3 is 0 Å². The van der Waals surface area contributed by atoms with Crippen molar-refractivity contribution < 1.29 is 4.79 Å². The van der Waals surface area contributed by atoms with E-state index in [9.17, 15) is 4.79 Å². The third-order valence-electron chi connectivity index (χ3n) is 2.78. The second-order valence-corrected chi connectivity index (χ2v) is 4.50. The molecule has 0 aromatic carbocycles. The normalized spacial score (nSPS) is 10.6. The van der Waals surface area contributed by atoms with Crippen molar-refractivity contribution in [3.8, 4) is 0 Å². The number of aromatic nitrogens is 3. The lowest BCUT2D eigenvalue weighted by Crippen LogP contribution is -2.21. The second-order valence-electron chi connectivity index (χ2n) is 4.50. The Balaban J connectivity index is 2.64. The van der Waals surface area contributed by atoms with Crippen LogP contribution in [0.3, 0.4) is 0 Å². The van der Waals surface area contributed by atoms with Crippen molar-refractivity contribution in [3.63, 3.8) is 0 Å². The molecule has 0 fully saturated rings. The number of carbonyl (C=O) groups is 1. The van der Waals surface area contributed by atoms with Crippen LogP contribution < -0.4 is 4.90 Å². The minimum atomic E-state index is 0.569. The summed E-state index contributed by atoms with van der Waals surface area (Å²) in [5, 5.41) is 5.06. The Morgan fingerprint density at radius 2 is 2.28 bits per heavy atom. The van der Waals surface area contributed by atoms with E-state index in [1.807, 2.05) is 25.9 Å². The highest BCUT2D eigenvalue weighted by Crippen LogP contribution is 2.27. The fourth-order valence-electron chi connectivity index (χ4n) is 2.09. The highest BCUT2D eigenvalue weighted by Gasteiger charge is 2.15. The molecule has 0 spiro atoms. The largest absolute Gasteiger partial charge is 0.369 e. The first kappa shape index (κ1) is 12.3. The first-order chi connectivity index (χ1) is 8.54. The lowest BCUT2D eigenvalue weighted by atomic mass is 10.1. The Hall–Kier alpha value is -2.17. The second kappa shape index (κ2) is 4.60. The van der Waals surface area contributed by atoms with Gasteiger partial charge in [0.2, 0.25) is 0 Å². The fraction of sp³-hybridized carbons (Fsp3) is 0.308. The lowest BCUT2D eigenvalue weighted by Gasteiger charge is -2.21. The molecule has 0 saturated heterocycles. The van der Waals surface area contributed by atoms with E-state index in [-0.39, 0.29) is 0 Å². The van der Waals surface area contributed by atoms with Crippen LogP contribution in [-0.4, -0.2) is 34.6 Å². The van der Waals surface area contributed by atoms with Crippen molar-refractivity contribution in [2.24, 2.45) is 7.05 Å². The molecule has 0 amide bonds. The molecule has 0 radical (unpaired) electrons. The average Bonchev–Trinajstić information content (AvgIpc) is 2.69. The van der Waals surface area contributed by atoms with Gasteiger partial charge in [0.15, 0.2) is 11.9 Å². The Morgan fingerprint density at radius 3 is 2.89 bits per heavy atom. The van der Waals surface area contributed by atoms with E-state index >= 15 is 0 Å². The van der Waals surface area contributed by atoms with E-state index < -0.39 is 0 Å². The Bertz CT molecular complexity index is 615. The molecule has 0 saturated carbocycles. The Labute approximate surface area is 106 Å². The van der Waals surface area contributed by atoms with Gasteiger partial charge in [-0.05, 0) is 6.92 Å². The monoisotopic (exact) mass is 244 g/mol. The Morgan fingerprint density at radius 1 is 1.56 bits per heavy atom. The van der Waals surface area contributed by atoms with Crippen LogP contribution in [0.25, 0.3) is 11.0 Å². The van der Waals surface area contributed by atoms with Gasteiger partial charge in [-0.2, -0.15) is 5.10 Å². The summed E-state index contributed by atoms with van der Waals surface area (Å²) in [5.74, 6) is 0. The van der Waals surface area contributed by atoms with Crippen molar-refractivity contribution in [1.82, 2.24) is 14.8 Å². The zero-order valence-corrected chi connectivity index (χ0v) is 10.8. The predicted molar refractivity (Wildman–Crippen MR) is 72.0 cm³/mol. The first-order valence-corrected chi connectivity index (χ1v) is 5.66. The summed E-state index contributed by atoms with van der Waals surface area (Å²) in [6.07, 6.45) is 4.14. The SMILES string of the molecule is C=C(C)CN(C)c1c(C=O)cnc2c1cnn2C. The number of fused-ring (bicyclic) bond motifs is 1. The standard InChI is InChI=1S/C13H16N4O/c1-9(2)7-16(3)12-10(8-18)5-14-13-11(12)6-15-17(13)4/h5-6,8H,1,7H2,2-4H3. The van der Waals surface area contributed by atoms with E-state index in [1.54, 1.807) is 17.1 Å². The number of aryl methyl sites for hydroxylation is 1. The molecular weight excluding hydrogens is 228 g/mol. The zero-order valence-electron chi connectivity index (χ0n) is 10.8. The van der Waals surface area contributed by atoms with Crippen molar-refractivity contribution in [3.05, 3.63) is 30.1 Å². The maximum atomic E-state index is 11.2. The van der Waals surface area contributed by atoms with Gasteiger partial charge in [-0.25, -0.2) is 4.98 Å². The van der Waals surface area contributed by atoms with Crippen LogP contribution in [0.1, 0.15) is 17.3 Å². The molecule has 0 aliphatic heterocycles. The average molecular weight is 244 g/mol. The van der Waals surface area contributed by atoms with E-state index in [2.05, 4.69) is 16.7 Å². The van der Waals surface area contributed by atoms with Gasteiger partial charge in [0.25, 0.3) is 0 Å². The topological polar surface area (TPSA) is 51.0 Å². The molecule has 5 nitrogen and oxygen atoms in total. The van der Waals surface area contributed by atoms with E-state index in [0.717, 1.165) is 28.6 Å². The zero-order chi connectivity index (χ0) is 13.3. The van der Waals surface area contributed by atoms with Gasteiger partial charge in [0.1, 0.15) is 0 Å². The number of aldehydes is 1. The van der Waals surface area contributed by atoms with Crippen LogP contribution >= 0.6 is 0 Å². The fourth-order valence-corrected chi connectivity index (χ4v) is 2.09. The van der Waals surface area contributed by atoms with Gasteiger partial charge in [0, 0.05) is 26.8 Å². The quantitative estimate of drug-likeness (QED) is 0.608. The van der Waals surface area contributed by atoms with Crippen molar-refractivity contribution in [2.45, 2.75) is 6.92 Å². The summed E-state index contributed by atoms with van der Waals surface area (Å²) < 4.78 is 1.70. The summed E-state index contributed by atoms with van der Waals surface area (Å²) in [4.78, 5) is 17.4. The number of pyridine rings is 1. The summed E-state index contributed by atoms with van der Waals surface area (Å²) in [6.45, 7) is 6.54. The van der Waals surface area contributed by atoms with Crippen LogP contribution in [0.15, 0.2) is 24.5 Å². The maximum absolute atomic E-state index is 11.2. The minimum absolute atomic E-state index is 0.569. The first-order valence-electron chi connectivity index (χ1n) is 5.66. The molecule has 0 atom stereocenters. The molecule has 94 valence electrons. The highest BCUT2D eigenvalue weighted by atomic mass is 16.1. The van der Waals surface area contributed by atoms with Gasteiger partial charge in [-0.1, -0.05) is 12.2 Å². The van der Waals surface area contributed by atoms with Crippen LogP contribution in [0, 0.1) is 0 Å². The molecular formula is C13H16N4O. The van der Waals surface area contributed by atoms with Crippen molar-refractivity contribution >= 4 is 23.0 Å². The molecule has 5 heteroatoms. The third-order valence-corrected chi connectivity index (χ3v) is 2.78. The maximum Gasteiger partial charge on any atom is 0.159 e. The summed E-state index contributed by atoms with van der Waals surface area (Å²) in [5.41, 5.74) is 3.22. The highest BCUT2D eigenvalue weighted by molar-refractivity contribution is 5.99. The molecule has 18 heavy (non-hydrogen) atoms. The molecule has 0 aliphatic rings. The van der Waals surface area contributed by atoms with Gasteiger partial charge in [0.05, 0.1) is 22.8 Å². The van der Waals surface area contributed by atoms with Gasteiger partial charge < -0.3 is 4.90 Å². The van der Waals surface area contributed by atoms with Crippen molar-refractivity contribution in [1.29, 1.82) is 0 Å². The number of nitrogens with zero attached hydrogens (tertiary/aromatic N) is 4. The van der Waals surface area contributed by atoms with Crippen LogP contribution in [0.5, 0.6) is 0 Å². The summed E-state index contributed by atoms with van der Waals surface area (Å²) >= 11 is 0. The summed E-state index contributed by atoms with van der Waals surface area (Å²) in [7, 11) is 3.77. The third kappa shape index (κ3) is 1.99. The molecule has 2 aromatic rings. The van der Waals surface area contributed by atoms with E-state index in [4.69, 9.17) is 0 Å². The number of anilines is 1. The number of carbonyl (C=O) groups excluding carboxylic acids is 1. The van der Waals surface area contributed by atoms with Crippen LogP contribution in [-0.2, 0) is 7.05 Å². The smallest absolute Gasteiger partial charge is 0.159 e. The lowest BCUT2D eigenvalue weighted by molar-refractivity contribution is 0.112. The van der Waals surface area contributed by atoms with Gasteiger partial charge in [-0.15, -0.1) is 0 Å². The molecule has 0 aliphatic carbocycles. The molecule has 0 N–H and O–H groups in total.